The topological polar surface area (TPSA) is 33.3 Å². The van der Waals surface area contributed by atoms with Gasteiger partial charge in [-0.05, 0) is 56.7 Å². The third kappa shape index (κ3) is 3.75. The smallest absolute Gasteiger partial charge is 0.142 e. The van der Waals surface area contributed by atoms with Gasteiger partial charge in [0.25, 0.3) is 0 Å². The highest BCUT2D eigenvalue weighted by Crippen LogP contribution is 2.30. The van der Waals surface area contributed by atoms with Crippen LogP contribution in [0.2, 0.25) is 0 Å². The van der Waals surface area contributed by atoms with E-state index in [2.05, 4.69) is 49.6 Å². The molecule has 1 aromatic carbocycles. The minimum atomic E-state index is 0.256. The van der Waals surface area contributed by atoms with E-state index >= 15 is 0 Å². The Bertz CT molecular complexity index is 502. The molecule has 0 radical (unpaired) electrons. The van der Waals surface area contributed by atoms with Gasteiger partial charge in [0.2, 0.25) is 0 Å². The van der Waals surface area contributed by atoms with Crippen LogP contribution in [-0.2, 0) is 6.42 Å². The van der Waals surface area contributed by atoms with Gasteiger partial charge in [0.15, 0.2) is 0 Å². The molecule has 22 heavy (non-hydrogen) atoms. The predicted molar refractivity (Wildman–Crippen MR) is 92.7 cm³/mol. The molecule has 2 N–H and O–H groups in total. The van der Waals surface area contributed by atoms with Gasteiger partial charge in [-0.3, -0.25) is 0 Å². The van der Waals surface area contributed by atoms with Crippen LogP contribution in [0.4, 0.5) is 5.69 Å². The highest BCUT2D eigenvalue weighted by molar-refractivity contribution is 5.59. The van der Waals surface area contributed by atoms with E-state index < -0.39 is 0 Å². The van der Waals surface area contributed by atoms with Crippen LogP contribution in [0, 0.1) is 5.92 Å². The Balaban J connectivity index is 1.58. The first-order chi connectivity index (χ1) is 10.6. The molecule has 0 bridgehead atoms. The molecule has 1 heterocycles. The molecule has 1 aliphatic heterocycles. The van der Waals surface area contributed by atoms with Crippen molar-refractivity contribution in [2.24, 2.45) is 5.92 Å². The Morgan fingerprint density at radius 2 is 2.09 bits per heavy atom. The largest absolute Gasteiger partial charge is 0.487 e. The minimum Gasteiger partial charge on any atom is -0.487 e. The molecule has 1 aliphatic carbocycles. The summed E-state index contributed by atoms with van der Waals surface area (Å²) in [7, 11) is 0. The Kier molecular flexibility index (Phi) is 4.92. The summed E-state index contributed by atoms with van der Waals surface area (Å²) < 4.78 is 5.85. The van der Waals surface area contributed by atoms with Crippen LogP contribution in [-0.4, -0.2) is 24.7 Å². The molecule has 0 amide bonds. The third-order valence-electron chi connectivity index (χ3n) is 5.10. The van der Waals surface area contributed by atoms with Crippen molar-refractivity contribution in [3.05, 3.63) is 23.8 Å². The number of hydrogen-bond acceptors (Lipinski definition) is 3. The summed E-state index contributed by atoms with van der Waals surface area (Å²) in [5.41, 5.74) is 2.53. The van der Waals surface area contributed by atoms with Crippen molar-refractivity contribution in [3.8, 4) is 5.75 Å². The Morgan fingerprint density at radius 3 is 2.91 bits per heavy atom. The molecule has 1 fully saturated rings. The van der Waals surface area contributed by atoms with Gasteiger partial charge in [0.1, 0.15) is 11.9 Å². The monoisotopic (exact) mass is 302 g/mol. The van der Waals surface area contributed by atoms with Crippen LogP contribution in [0.5, 0.6) is 5.75 Å². The first-order valence-corrected chi connectivity index (χ1v) is 8.91. The molecular formula is C19H30N2O. The first-order valence-electron chi connectivity index (χ1n) is 8.91. The maximum atomic E-state index is 5.85. The van der Waals surface area contributed by atoms with Crippen molar-refractivity contribution in [2.45, 2.75) is 71.1 Å². The molecule has 2 aliphatic rings. The fourth-order valence-electron chi connectivity index (χ4n) is 3.80. The number of hydrogen-bond donors (Lipinski definition) is 2. The summed E-state index contributed by atoms with van der Waals surface area (Å²) >= 11 is 0. The zero-order chi connectivity index (χ0) is 15.5. The van der Waals surface area contributed by atoms with Crippen molar-refractivity contribution in [1.82, 2.24) is 5.32 Å². The third-order valence-corrected chi connectivity index (χ3v) is 5.10. The Hall–Kier alpha value is -1.22. The second-order valence-corrected chi connectivity index (χ2v) is 7.28. The van der Waals surface area contributed by atoms with Gasteiger partial charge in [-0.2, -0.15) is 0 Å². The lowest BCUT2D eigenvalue weighted by Gasteiger charge is -2.32. The Morgan fingerprint density at radius 1 is 1.27 bits per heavy atom. The summed E-state index contributed by atoms with van der Waals surface area (Å²) in [5.74, 6) is 1.81. The van der Waals surface area contributed by atoms with Crippen LogP contribution in [0.15, 0.2) is 18.2 Å². The molecule has 0 spiro atoms. The Labute approximate surface area is 134 Å². The van der Waals surface area contributed by atoms with Gasteiger partial charge < -0.3 is 15.4 Å². The predicted octanol–water partition coefficient (Wildman–Crippen LogP) is 3.98. The number of anilines is 1. The van der Waals surface area contributed by atoms with E-state index in [0.717, 1.165) is 30.3 Å². The lowest BCUT2D eigenvalue weighted by Crippen LogP contribution is -2.43. The SMILES string of the molecule is CC(Cc1ccc2c(c1)NCC(C)O2)NC1CCCCC1C. The first kappa shape index (κ1) is 15.7. The molecule has 3 heteroatoms. The van der Waals surface area contributed by atoms with Crippen molar-refractivity contribution in [2.75, 3.05) is 11.9 Å². The van der Waals surface area contributed by atoms with Crippen molar-refractivity contribution < 1.29 is 4.74 Å². The maximum absolute atomic E-state index is 5.85. The quantitative estimate of drug-likeness (QED) is 0.882. The number of rotatable bonds is 4. The average molecular weight is 302 g/mol. The standard InChI is InChI=1S/C19H30N2O/c1-13-6-4-5-7-17(13)21-14(2)10-16-8-9-19-18(11-16)20-12-15(3)22-19/h8-9,11,13-15,17,20-21H,4-7,10,12H2,1-3H3. The van der Waals surface area contributed by atoms with E-state index in [1.165, 1.54) is 31.2 Å². The zero-order valence-electron chi connectivity index (χ0n) is 14.2. The zero-order valence-corrected chi connectivity index (χ0v) is 14.2. The molecule has 4 atom stereocenters. The summed E-state index contributed by atoms with van der Waals surface area (Å²) in [4.78, 5) is 0. The van der Waals surface area contributed by atoms with Gasteiger partial charge in [0.05, 0.1) is 12.2 Å². The fraction of sp³-hybridized carbons (Fsp3) is 0.684. The molecule has 4 unspecified atom stereocenters. The number of nitrogens with one attached hydrogen (secondary N) is 2. The normalized spacial score (nSPS) is 29.1. The van der Waals surface area contributed by atoms with Crippen LogP contribution < -0.4 is 15.4 Å². The van der Waals surface area contributed by atoms with Gasteiger partial charge in [-0.25, -0.2) is 0 Å². The van der Waals surface area contributed by atoms with E-state index in [-0.39, 0.29) is 6.10 Å². The van der Waals surface area contributed by atoms with Crippen LogP contribution in [0.3, 0.4) is 0 Å². The van der Waals surface area contributed by atoms with Crippen molar-refractivity contribution in [1.29, 1.82) is 0 Å². The number of ether oxygens (including phenoxy) is 1. The molecule has 3 nitrogen and oxygen atoms in total. The van der Waals surface area contributed by atoms with E-state index in [1.807, 2.05) is 0 Å². The lowest BCUT2D eigenvalue weighted by molar-refractivity contribution is 0.226. The molecule has 0 aromatic heterocycles. The molecule has 122 valence electrons. The highest BCUT2D eigenvalue weighted by Gasteiger charge is 2.22. The maximum Gasteiger partial charge on any atom is 0.142 e. The fourth-order valence-corrected chi connectivity index (χ4v) is 3.80. The van der Waals surface area contributed by atoms with Crippen LogP contribution >= 0.6 is 0 Å². The molecule has 1 saturated carbocycles. The van der Waals surface area contributed by atoms with E-state index in [1.54, 1.807) is 0 Å². The second-order valence-electron chi connectivity index (χ2n) is 7.28. The van der Waals surface area contributed by atoms with Crippen molar-refractivity contribution >= 4 is 5.69 Å². The van der Waals surface area contributed by atoms with Gasteiger partial charge in [0, 0.05) is 12.1 Å². The van der Waals surface area contributed by atoms with Gasteiger partial charge in [-0.15, -0.1) is 0 Å². The van der Waals surface area contributed by atoms with E-state index in [4.69, 9.17) is 4.74 Å². The summed E-state index contributed by atoms with van der Waals surface area (Å²) in [5, 5.41) is 7.32. The second kappa shape index (κ2) is 6.91. The van der Waals surface area contributed by atoms with Crippen molar-refractivity contribution in [3.63, 3.8) is 0 Å². The summed E-state index contributed by atoms with van der Waals surface area (Å²) in [6.07, 6.45) is 6.83. The molecule has 3 rings (SSSR count). The van der Waals surface area contributed by atoms with Crippen LogP contribution in [0.1, 0.15) is 52.0 Å². The highest BCUT2D eigenvalue weighted by atomic mass is 16.5. The van der Waals surface area contributed by atoms with E-state index in [9.17, 15) is 0 Å². The minimum absolute atomic E-state index is 0.256. The number of fused-ring (bicyclic) bond motifs is 1. The van der Waals surface area contributed by atoms with Gasteiger partial charge in [-0.1, -0.05) is 25.8 Å². The lowest BCUT2D eigenvalue weighted by atomic mass is 9.85. The van der Waals surface area contributed by atoms with E-state index in [0.29, 0.717) is 12.1 Å². The average Bonchev–Trinajstić information content (AvgIpc) is 2.50. The summed E-state index contributed by atoms with van der Waals surface area (Å²) in [6.45, 7) is 7.70. The number of benzene rings is 1. The molecule has 0 saturated heterocycles. The van der Waals surface area contributed by atoms with Crippen LogP contribution in [0.25, 0.3) is 0 Å². The molecular weight excluding hydrogens is 272 g/mol. The van der Waals surface area contributed by atoms with Gasteiger partial charge >= 0.3 is 0 Å². The summed E-state index contributed by atoms with van der Waals surface area (Å²) in [6, 6.07) is 7.80. The molecule has 1 aromatic rings.